The van der Waals surface area contributed by atoms with Gasteiger partial charge in [0.1, 0.15) is 5.75 Å². The Morgan fingerprint density at radius 3 is 2.35 bits per heavy atom. The highest BCUT2D eigenvalue weighted by molar-refractivity contribution is 7.93. The van der Waals surface area contributed by atoms with Gasteiger partial charge in [0.2, 0.25) is 11.8 Å². The zero-order chi connectivity index (χ0) is 22.3. The van der Waals surface area contributed by atoms with Crippen LogP contribution in [0.25, 0.3) is 0 Å². The molecule has 3 rings (SSSR count). The SMILES string of the molecule is NC(=O)C1(S(=O)(=O)c2ccc(OCCCNC(=O)C3CCCCC3)cc2)CCOCC1. The summed E-state index contributed by atoms with van der Waals surface area (Å²) in [6.45, 7) is 1.31. The highest BCUT2D eigenvalue weighted by atomic mass is 32.2. The van der Waals surface area contributed by atoms with Gasteiger partial charge in [0.25, 0.3) is 0 Å². The summed E-state index contributed by atoms with van der Waals surface area (Å²) < 4.78 is 35.5. The van der Waals surface area contributed by atoms with Gasteiger partial charge in [-0.3, -0.25) is 9.59 Å². The number of primary amides is 1. The van der Waals surface area contributed by atoms with Crippen LogP contribution in [0.4, 0.5) is 0 Å². The normalized spacial score (nSPS) is 19.5. The van der Waals surface area contributed by atoms with Crippen LogP contribution in [0, 0.1) is 5.92 Å². The van der Waals surface area contributed by atoms with Gasteiger partial charge in [-0.2, -0.15) is 0 Å². The van der Waals surface area contributed by atoms with E-state index in [4.69, 9.17) is 15.2 Å². The van der Waals surface area contributed by atoms with Crippen molar-refractivity contribution in [3.63, 3.8) is 0 Å². The number of sulfone groups is 1. The molecule has 1 aromatic rings. The molecule has 1 aliphatic heterocycles. The van der Waals surface area contributed by atoms with Crippen LogP contribution in [0.5, 0.6) is 5.75 Å². The van der Waals surface area contributed by atoms with Crippen LogP contribution in [0.15, 0.2) is 29.2 Å². The van der Waals surface area contributed by atoms with E-state index in [1.165, 1.54) is 18.6 Å². The molecule has 1 saturated carbocycles. The Bertz CT molecular complexity index is 856. The van der Waals surface area contributed by atoms with Crippen LogP contribution >= 0.6 is 0 Å². The van der Waals surface area contributed by atoms with Gasteiger partial charge in [-0.25, -0.2) is 8.42 Å². The molecule has 0 spiro atoms. The van der Waals surface area contributed by atoms with Crippen LogP contribution in [-0.4, -0.2) is 51.3 Å². The number of hydrogen-bond donors (Lipinski definition) is 2. The fraction of sp³-hybridized carbons (Fsp3) is 0.636. The lowest BCUT2D eigenvalue weighted by Gasteiger charge is -2.33. The first-order chi connectivity index (χ1) is 14.9. The topological polar surface area (TPSA) is 125 Å². The molecular weight excluding hydrogens is 420 g/mol. The number of amides is 2. The van der Waals surface area contributed by atoms with Gasteiger partial charge in [-0.05, 0) is 56.4 Å². The minimum Gasteiger partial charge on any atom is -0.494 e. The third kappa shape index (κ3) is 5.38. The van der Waals surface area contributed by atoms with Crippen LogP contribution < -0.4 is 15.8 Å². The quantitative estimate of drug-likeness (QED) is 0.552. The first kappa shape index (κ1) is 23.5. The molecule has 2 aliphatic rings. The standard InChI is InChI=1S/C22H32N2O6S/c23-21(26)22(11-15-29-16-12-22)31(27,28)19-9-7-18(8-10-19)30-14-4-13-24-20(25)17-5-2-1-3-6-17/h7-10,17H,1-6,11-16H2,(H2,23,26)(H,24,25). The summed E-state index contributed by atoms with van der Waals surface area (Å²) in [6.07, 6.45) is 6.18. The number of nitrogens with two attached hydrogens (primary N) is 1. The largest absolute Gasteiger partial charge is 0.494 e. The van der Waals surface area contributed by atoms with Gasteiger partial charge in [0, 0.05) is 25.7 Å². The summed E-state index contributed by atoms with van der Waals surface area (Å²) >= 11 is 0. The molecule has 1 saturated heterocycles. The summed E-state index contributed by atoms with van der Waals surface area (Å²) in [4.78, 5) is 24.2. The Labute approximate surface area is 183 Å². The molecule has 3 N–H and O–H groups in total. The second-order valence-corrected chi connectivity index (χ2v) is 10.5. The smallest absolute Gasteiger partial charge is 0.239 e. The molecule has 2 amide bonds. The third-order valence-electron chi connectivity index (χ3n) is 6.26. The molecule has 0 aromatic heterocycles. The number of rotatable bonds is 9. The Hall–Kier alpha value is -2.13. The van der Waals surface area contributed by atoms with Gasteiger partial charge < -0.3 is 20.5 Å². The molecule has 2 fully saturated rings. The first-order valence-corrected chi connectivity index (χ1v) is 12.5. The molecule has 0 bridgehead atoms. The van der Waals surface area contributed by atoms with Crippen molar-refractivity contribution in [2.75, 3.05) is 26.4 Å². The minimum atomic E-state index is -3.95. The second-order valence-electron chi connectivity index (χ2n) is 8.27. The van der Waals surface area contributed by atoms with Crippen LogP contribution in [-0.2, 0) is 24.2 Å². The number of hydrogen-bond acceptors (Lipinski definition) is 6. The molecular formula is C22H32N2O6S. The molecule has 9 heteroatoms. The predicted molar refractivity (Wildman–Crippen MR) is 115 cm³/mol. The molecule has 8 nitrogen and oxygen atoms in total. The minimum absolute atomic E-state index is 0.0419. The van der Waals surface area contributed by atoms with Crippen molar-refractivity contribution in [1.29, 1.82) is 0 Å². The summed E-state index contributed by atoms with van der Waals surface area (Å²) in [5.41, 5.74) is 5.49. The molecule has 1 aliphatic carbocycles. The lowest BCUT2D eigenvalue weighted by atomic mass is 9.89. The number of benzene rings is 1. The Morgan fingerprint density at radius 1 is 1.10 bits per heavy atom. The van der Waals surface area contributed by atoms with Crippen LogP contribution in [0.3, 0.4) is 0 Å². The van der Waals surface area contributed by atoms with Crippen molar-refractivity contribution < 1.29 is 27.5 Å². The number of ether oxygens (including phenoxy) is 2. The van der Waals surface area contributed by atoms with E-state index in [2.05, 4.69) is 5.32 Å². The van der Waals surface area contributed by atoms with Crippen molar-refractivity contribution in [3.8, 4) is 5.75 Å². The van der Waals surface area contributed by atoms with Gasteiger partial charge >= 0.3 is 0 Å². The second kappa shape index (κ2) is 10.5. The molecule has 0 unspecified atom stereocenters. The number of carbonyl (C=O) groups excluding carboxylic acids is 2. The van der Waals surface area contributed by atoms with Gasteiger partial charge in [-0.15, -0.1) is 0 Å². The summed E-state index contributed by atoms with van der Waals surface area (Å²) in [5.74, 6) is -0.0432. The maximum absolute atomic E-state index is 13.1. The predicted octanol–water partition coefficient (Wildman–Crippen LogP) is 1.96. The zero-order valence-corrected chi connectivity index (χ0v) is 18.6. The van der Waals surface area contributed by atoms with Gasteiger partial charge in [0.15, 0.2) is 14.6 Å². The lowest BCUT2D eigenvalue weighted by Crippen LogP contribution is -2.53. The average molecular weight is 453 g/mol. The highest BCUT2D eigenvalue weighted by Crippen LogP contribution is 2.35. The van der Waals surface area contributed by atoms with E-state index in [0.717, 1.165) is 25.7 Å². The van der Waals surface area contributed by atoms with E-state index in [-0.39, 0.29) is 42.8 Å². The molecule has 1 heterocycles. The van der Waals surface area contributed by atoms with E-state index < -0.39 is 20.5 Å². The molecule has 0 radical (unpaired) electrons. The maximum Gasteiger partial charge on any atom is 0.239 e. The summed E-state index contributed by atoms with van der Waals surface area (Å²) in [7, 11) is -3.95. The monoisotopic (exact) mass is 452 g/mol. The Kier molecular flexibility index (Phi) is 7.94. The fourth-order valence-corrected chi connectivity index (χ4v) is 6.19. The van der Waals surface area contributed by atoms with E-state index in [0.29, 0.717) is 25.3 Å². The molecule has 172 valence electrons. The fourth-order valence-electron chi connectivity index (χ4n) is 4.27. The Morgan fingerprint density at radius 2 is 1.74 bits per heavy atom. The van der Waals surface area contributed by atoms with Crippen LogP contribution in [0.1, 0.15) is 51.4 Å². The van der Waals surface area contributed by atoms with Gasteiger partial charge in [0.05, 0.1) is 11.5 Å². The van der Waals surface area contributed by atoms with Crippen molar-refractivity contribution in [3.05, 3.63) is 24.3 Å². The van der Waals surface area contributed by atoms with Crippen molar-refractivity contribution >= 4 is 21.7 Å². The van der Waals surface area contributed by atoms with E-state index in [1.54, 1.807) is 12.1 Å². The average Bonchev–Trinajstić information content (AvgIpc) is 2.80. The highest BCUT2D eigenvalue weighted by Gasteiger charge is 2.51. The van der Waals surface area contributed by atoms with Crippen LogP contribution in [0.2, 0.25) is 0 Å². The Balaban J connectivity index is 1.49. The summed E-state index contributed by atoms with van der Waals surface area (Å²) in [6, 6.07) is 6.02. The van der Waals surface area contributed by atoms with Crippen molar-refractivity contribution in [2.24, 2.45) is 11.7 Å². The first-order valence-electron chi connectivity index (χ1n) is 11.0. The third-order valence-corrected chi connectivity index (χ3v) is 8.79. The molecule has 31 heavy (non-hydrogen) atoms. The van der Waals surface area contributed by atoms with Crippen molar-refractivity contribution in [2.45, 2.75) is 61.0 Å². The van der Waals surface area contributed by atoms with Crippen molar-refractivity contribution in [1.82, 2.24) is 5.32 Å². The number of carbonyl (C=O) groups is 2. The van der Waals surface area contributed by atoms with E-state index in [1.807, 2.05) is 0 Å². The maximum atomic E-state index is 13.1. The lowest BCUT2D eigenvalue weighted by molar-refractivity contribution is -0.126. The van der Waals surface area contributed by atoms with Gasteiger partial charge in [-0.1, -0.05) is 19.3 Å². The molecule has 0 atom stereocenters. The zero-order valence-electron chi connectivity index (χ0n) is 17.8. The number of nitrogens with one attached hydrogen (secondary N) is 1. The summed E-state index contributed by atoms with van der Waals surface area (Å²) in [5, 5.41) is 2.97. The molecule has 1 aromatic carbocycles. The van der Waals surface area contributed by atoms with E-state index in [9.17, 15) is 18.0 Å². The van der Waals surface area contributed by atoms with E-state index >= 15 is 0 Å².